The number of nitrogens with one attached hydrogen (secondary N) is 2. The van der Waals surface area contributed by atoms with E-state index in [-0.39, 0.29) is 18.6 Å². The van der Waals surface area contributed by atoms with Crippen molar-refractivity contribution in [2.75, 3.05) is 6.54 Å². The Morgan fingerprint density at radius 3 is 2.57 bits per heavy atom. The van der Waals surface area contributed by atoms with Crippen molar-refractivity contribution in [3.05, 3.63) is 41.6 Å². The Kier molecular flexibility index (Phi) is 5.20. The van der Waals surface area contributed by atoms with Gasteiger partial charge in [0.25, 0.3) is 0 Å². The number of aromatic nitrogens is 2. The largest absolute Gasteiger partial charge is 0.467 e. The van der Waals surface area contributed by atoms with E-state index < -0.39 is 11.8 Å². The zero-order valence-corrected chi connectivity index (χ0v) is 13.8. The second-order valence-electron chi connectivity index (χ2n) is 5.74. The Hall–Kier alpha value is -2.57. The third-order valence-corrected chi connectivity index (χ3v) is 3.29. The first-order chi connectivity index (χ1) is 10.9. The summed E-state index contributed by atoms with van der Waals surface area (Å²) in [6.45, 7) is 7.64. The summed E-state index contributed by atoms with van der Waals surface area (Å²) in [5.41, 5.74) is 1.83. The Morgan fingerprint density at radius 2 is 2.04 bits per heavy atom. The molecule has 1 atom stereocenters. The van der Waals surface area contributed by atoms with Crippen molar-refractivity contribution in [1.29, 1.82) is 0 Å². The first kappa shape index (κ1) is 16.8. The predicted molar refractivity (Wildman–Crippen MR) is 84.8 cm³/mol. The maximum atomic E-state index is 11.9. The van der Waals surface area contributed by atoms with Crippen LogP contribution in [-0.4, -0.2) is 34.2 Å². The highest BCUT2D eigenvalue weighted by Gasteiger charge is 2.22. The molecule has 7 heteroatoms. The first-order valence-corrected chi connectivity index (χ1v) is 7.53. The van der Waals surface area contributed by atoms with Gasteiger partial charge in [0.05, 0.1) is 12.0 Å². The van der Waals surface area contributed by atoms with E-state index in [9.17, 15) is 9.59 Å². The van der Waals surface area contributed by atoms with Crippen LogP contribution in [0.15, 0.2) is 28.9 Å². The van der Waals surface area contributed by atoms with Gasteiger partial charge in [-0.15, -0.1) is 0 Å². The van der Waals surface area contributed by atoms with E-state index in [0.29, 0.717) is 5.76 Å². The zero-order chi connectivity index (χ0) is 17.0. The van der Waals surface area contributed by atoms with Gasteiger partial charge < -0.3 is 15.1 Å². The van der Waals surface area contributed by atoms with Crippen LogP contribution in [0.5, 0.6) is 0 Å². The third kappa shape index (κ3) is 4.21. The molecule has 2 aromatic rings. The summed E-state index contributed by atoms with van der Waals surface area (Å²) in [6.07, 6.45) is 1.57. The number of carbonyl (C=O) groups is 2. The van der Waals surface area contributed by atoms with Gasteiger partial charge in [-0.25, -0.2) is 0 Å². The van der Waals surface area contributed by atoms with Gasteiger partial charge in [-0.2, -0.15) is 5.10 Å². The number of carbonyl (C=O) groups excluding carboxylic acids is 2. The van der Waals surface area contributed by atoms with Gasteiger partial charge >= 0.3 is 11.8 Å². The van der Waals surface area contributed by atoms with Crippen LogP contribution in [0.3, 0.4) is 0 Å². The molecule has 0 aliphatic carbocycles. The van der Waals surface area contributed by atoms with Crippen LogP contribution >= 0.6 is 0 Å². The molecule has 0 fully saturated rings. The summed E-state index contributed by atoms with van der Waals surface area (Å²) in [4.78, 5) is 23.6. The molecule has 0 aliphatic heterocycles. The molecule has 0 spiro atoms. The quantitative estimate of drug-likeness (QED) is 0.814. The second-order valence-corrected chi connectivity index (χ2v) is 5.74. The molecular formula is C16H22N4O3. The molecule has 1 unspecified atom stereocenters. The van der Waals surface area contributed by atoms with Crippen molar-refractivity contribution in [1.82, 2.24) is 20.4 Å². The van der Waals surface area contributed by atoms with Crippen LogP contribution in [0.25, 0.3) is 0 Å². The number of furan rings is 1. The average molecular weight is 318 g/mol. The van der Waals surface area contributed by atoms with E-state index in [1.54, 1.807) is 30.9 Å². The number of aryl methyl sites for hydroxylation is 2. The van der Waals surface area contributed by atoms with Gasteiger partial charge in [0.1, 0.15) is 11.8 Å². The van der Waals surface area contributed by atoms with E-state index in [4.69, 9.17) is 4.42 Å². The number of amides is 2. The lowest BCUT2D eigenvalue weighted by molar-refractivity contribution is -0.139. The normalized spacial score (nSPS) is 12.2. The van der Waals surface area contributed by atoms with Gasteiger partial charge in [0.15, 0.2) is 0 Å². The molecule has 2 amide bonds. The standard InChI is InChI=1S/C16H22N4O3/c1-10(2)18-16(22)15(21)17-9-13(14-6-5-7-23-14)20-12(4)8-11(3)19-20/h5-8,10,13H,9H2,1-4H3,(H,17,21)(H,18,22). The number of rotatable bonds is 5. The van der Waals surface area contributed by atoms with Crippen LogP contribution in [-0.2, 0) is 9.59 Å². The average Bonchev–Trinajstić information content (AvgIpc) is 3.09. The number of hydrogen-bond acceptors (Lipinski definition) is 4. The molecule has 0 aliphatic rings. The maximum Gasteiger partial charge on any atom is 0.309 e. The Labute approximate surface area is 135 Å². The van der Waals surface area contributed by atoms with Gasteiger partial charge in [-0.05, 0) is 45.9 Å². The maximum absolute atomic E-state index is 11.9. The molecule has 2 heterocycles. The summed E-state index contributed by atoms with van der Waals surface area (Å²) in [6, 6.07) is 5.14. The van der Waals surface area contributed by atoms with E-state index >= 15 is 0 Å². The van der Waals surface area contributed by atoms with Crippen LogP contribution in [0.1, 0.15) is 37.0 Å². The fourth-order valence-electron chi connectivity index (χ4n) is 2.35. The summed E-state index contributed by atoms with van der Waals surface area (Å²) in [7, 11) is 0. The second kappa shape index (κ2) is 7.13. The van der Waals surface area contributed by atoms with Crippen LogP contribution in [0.2, 0.25) is 0 Å². The summed E-state index contributed by atoms with van der Waals surface area (Å²) in [5.74, 6) is -0.649. The minimum atomic E-state index is -0.670. The monoisotopic (exact) mass is 318 g/mol. The summed E-state index contributed by atoms with van der Waals surface area (Å²) in [5, 5.41) is 9.64. The van der Waals surface area contributed by atoms with Crippen LogP contribution < -0.4 is 10.6 Å². The topological polar surface area (TPSA) is 89.2 Å². The lowest BCUT2D eigenvalue weighted by Gasteiger charge is -2.18. The van der Waals surface area contributed by atoms with Gasteiger partial charge in [0.2, 0.25) is 0 Å². The smallest absolute Gasteiger partial charge is 0.309 e. The zero-order valence-electron chi connectivity index (χ0n) is 13.8. The fourth-order valence-corrected chi connectivity index (χ4v) is 2.35. The minimum absolute atomic E-state index is 0.0925. The van der Waals surface area contributed by atoms with Gasteiger partial charge in [-0.3, -0.25) is 14.3 Å². The van der Waals surface area contributed by atoms with Crippen LogP contribution in [0, 0.1) is 13.8 Å². The predicted octanol–water partition coefficient (Wildman–Crippen LogP) is 1.32. The highest BCUT2D eigenvalue weighted by molar-refractivity contribution is 6.35. The van der Waals surface area contributed by atoms with E-state index in [1.807, 2.05) is 26.0 Å². The third-order valence-electron chi connectivity index (χ3n) is 3.29. The molecule has 7 nitrogen and oxygen atoms in total. The lowest BCUT2D eigenvalue weighted by Crippen LogP contribution is -2.44. The van der Waals surface area contributed by atoms with Crippen LogP contribution in [0.4, 0.5) is 0 Å². The Balaban J connectivity index is 2.12. The molecule has 0 saturated heterocycles. The summed E-state index contributed by atoms with van der Waals surface area (Å²) >= 11 is 0. The van der Waals surface area contributed by atoms with Crippen molar-refractivity contribution >= 4 is 11.8 Å². The molecule has 124 valence electrons. The molecule has 0 radical (unpaired) electrons. The molecule has 2 aromatic heterocycles. The Morgan fingerprint density at radius 1 is 1.30 bits per heavy atom. The van der Waals surface area contributed by atoms with E-state index in [1.165, 1.54) is 0 Å². The molecular weight excluding hydrogens is 296 g/mol. The van der Waals surface area contributed by atoms with Crippen molar-refractivity contribution in [2.45, 2.75) is 39.8 Å². The molecule has 2 N–H and O–H groups in total. The van der Waals surface area contributed by atoms with Gasteiger partial charge in [0, 0.05) is 18.3 Å². The number of hydrogen-bond donors (Lipinski definition) is 2. The molecule has 0 bridgehead atoms. The van der Waals surface area contributed by atoms with Crippen molar-refractivity contribution < 1.29 is 14.0 Å². The van der Waals surface area contributed by atoms with Crippen molar-refractivity contribution in [3.8, 4) is 0 Å². The first-order valence-electron chi connectivity index (χ1n) is 7.53. The Bertz CT molecular complexity index is 674. The van der Waals surface area contributed by atoms with E-state index in [0.717, 1.165) is 11.4 Å². The minimum Gasteiger partial charge on any atom is -0.467 e. The van der Waals surface area contributed by atoms with Crippen molar-refractivity contribution in [2.24, 2.45) is 0 Å². The highest BCUT2D eigenvalue weighted by atomic mass is 16.3. The van der Waals surface area contributed by atoms with Gasteiger partial charge in [-0.1, -0.05) is 0 Å². The molecule has 23 heavy (non-hydrogen) atoms. The summed E-state index contributed by atoms with van der Waals surface area (Å²) < 4.78 is 7.25. The molecule has 0 aromatic carbocycles. The lowest BCUT2D eigenvalue weighted by atomic mass is 10.2. The SMILES string of the molecule is Cc1cc(C)n(C(CNC(=O)C(=O)NC(C)C)c2ccco2)n1. The highest BCUT2D eigenvalue weighted by Crippen LogP contribution is 2.20. The molecule has 2 rings (SSSR count). The fraction of sp³-hybridized carbons (Fsp3) is 0.438. The number of nitrogens with zero attached hydrogens (tertiary/aromatic N) is 2. The van der Waals surface area contributed by atoms with Crippen molar-refractivity contribution in [3.63, 3.8) is 0 Å². The van der Waals surface area contributed by atoms with E-state index in [2.05, 4.69) is 15.7 Å². The molecule has 0 saturated carbocycles.